The fourth-order valence-electron chi connectivity index (χ4n) is 1.46. The molecular weight excluding hydrogens is 286 g/mol. The summed E-state index contributed by atoms with van der Waals surface area (Å²) in [5, 5.41) is 11.4. The third kappa shape index (κ3) is 4.13. The lowest BCUT2D eigenvalue weighted by Gasteiger charge is -2.20. The minimum atomic E-state index is -1.12. The predicted molar refractivity (Wildman–Crippen MR) is 73.9 cm³/mol. The first kappa shape index (κ1) is 15.8. The average Bonchev–Trinajstić information content (AvgIpc) is 2.37. The van der Waals surface area contributed by atoms with Crippen LogP contribution in [0.1, 0.15) is 17.3 Å². The van der Waals surface area contributed by atoms with E-state index in [1.54, 1.807) is 6.92 Å². The Hall–Kier alpha value is -2.28. The Morgan fingerprint density at radius 3 is 2.50 bits per heavy atom. The lowest BCUT2D eigenvalue weighted by atomic mass is 10.2. The second kappa shape index (κ2) is 6.76. The van der Waals surface area contributed by atoms with Crippen LogP contribution in [0, 0.1) is 0 Å². The van der Waals surface area contributed by atoms with E-state index in [-0.39, 0.29) is 22.8 Å². The van der Waals surface area contributed by atoms with Gasteiger partial charge in [0.1, 0.15) is 6.54 Å². The van der Waals surface area contributed by atoms with Crippen molar-refractivity contribution in [1.29, 1.82) is 0 Å². The van der Waals surface area contributed by atoms with Crippen LogP contribution in [-0.4, -0.2) is 41.0 Å². The number of primary amides is 1. The van der Waals surface area contributed by atoms with Gasteiger partial charge in [-0.25, -0.2) is 9.59 Å². The molecule has 0 aliphatic heterocycles. The number of carboxylic acids is 1. The summed E-state index contributed by atoms with van der Waals surface area (Å²) in [5.74, 6) is -1.75. The Bertz CT molecular complexity index is 548. The second-order valence-corrected chi connectivity index (χ2v) is 4.32. The summed E-state index contributed by atoms with van der Waals surface area (Å²) in [6.07, 6.45) is 0. The highest BCUT2D eigenvalue weighted by Gasteiger charge is 2.15. The molecule has 0 aromatic heterocycles. The van der Waals surface area contributed by atoms with E-state index in [1.807, 2.05) is 0 Å². The summed E-state index contributed by atoms with van der Waals surface area (Å²) in [6, 6.07) is 3.37. The van der Waals surface area contributed by atoms with Gasteiger partial charge in [0.25, 0.3) is 0 Å². The average molecular weight is 300 g/mol. The molecule has 1 rings (SSSR count). The van der Waals surface area contributed by atoms with Crippen LogP contribution >= 0.6 is 11.6 Å². The van der Waals surface area contributed by atoms with Gasteiger partial charge in [-0.3, -0.25) is 4.79 Å². The van der Waals surface area contributed by atoms with Gasteiger partial charge in [0.2, 0.25) is 5.91 Å². The molecule has 0 saturated heterocycles. The number of carbonyl (C=O) groups is 3. The van der Waals surface area contributed by atoms with Crippen molar-refractivity contribution in [3.8, 4) is 0 Å². The van der Waals surface area contributed by atoms with Crippen LogP contribution in [0.2, 0.25) is 5.02 Å². The van der Waals surface area contributed by atoms with Crippen molar-refractivity contribution < 1.29 is 19.5 Å². The number of halogens is 1. The third-order valence-corrected chi connectivity index (χ3v) is 2.79. The molecule has 0 aliphatic carbocycles. The lowest BCUT2D eigenvalue weighted by molar-refractivity contribution is -0.118. The molecule has 3 amide bonds. The predicted octanol–water partition coefficient (Wildman–Crippen LogP) is 1.38. The molecule has 108 valence electrons. The van der Waals surface area contributed by atoms with Gasteiger partial charge in [-0.05, 0) is 25.1 Å². The van der Waals surface area contributed by atoms with E-state index in [2.05, 4.69) is 5.32 Å². The summed E-state index contributed by atoms with van der Waals surface area (Å²) in [5.41, 5.74) is 5.30. The number of carbonyl (C=O) groups excluding carboxylic acids is 2. The van der Waals surface area contributed by atoms with Crippen LogP contribution in [0.3, 0.4) is 0 Å². The summed E-state index contributed by atoms with van der Waals surface area (Å²) < 4.78 is 0. The first-order valence-electron chi connectivity index (χ1n) is 5.72. The van der Waals surface area contributed by atoms with Crippen LogP contribution in [0.5, 0.6) is 0 Å². The van der Waals surface area contributed by atoms with Crippen LogP contribution in [0.4, 0.5) is 10.5 Å². The normalized spacial score (nSPS) is 9.90. The molecule has 0 saturated carbocycles. The topological polar surface area (TPSA) is 113 Å². The molecule has 0 fully saturated rings. The summed E-state index contributed by atoms with van der Waals surface area (Å²) in [7, 11) is 0. The number of urea groups is 1. The Labute approximate surface area is 120 Å². The summed E-state index contributed by atoms with van der Waals surface area (Å²) >= 11 is 5.88. The zero-order chi connectivity index (χ0) is 15.3. The molecule has 0 aliphatic rings. The van der Waals surface area contributed by atoms with Gasteiger partial charge in [-0.2, -0.15) is 0 Å². The number of hydrogen-bond acceptors (Lipinski definition) is 3. The molecule has 0 bridgehead atoms. The zero-order valence-corrected chi connectivity index (χ0v) is 11.5. The Morgan fingerprint density at radius 1 is 1.40 bits per heavy atom. The fraction of sp³-hybridized carbons (Fsp3) is 0.250. The number of nitrogens with zero attached hydrogens (tertiary/aromatic N) is 1. The van der Waals surface area contributed by atoms with Crippen molar-refractivity contribution in [3.05, 3.63) is 28.8 Å². The van der Waals surface area contributed by atoms with Gasteiger partial charge in [0, 0.05) is 6.54 Å². The zero-order valence-electron chi connectivity index (χ0n) is 10.7. The fourth-order valence-corrected chi connectivity index (χ4v) is 1.69. The SMILES string of the molecule is CCN(CC(N)=O)C(=O)Nc1ccc(C(=O)O)cc1Cl. The van der Waals surface area contributed by atoms with Crippen molar-refractivity contribution in [2.45, 2.75) is 6.92 Å². The number of nitrogens with one attached hydrogen (secondary N) is 1. The quantitative estimate of drug-likeness (QED) is 0.762. The van der Waals surface area contributed by atoms with Crippen molar-refractivity contribution in [1.82, 2.24) is 4.90 Å². The Kier molecular flexibility index (Phi) is 5.33. The first-order valence-corrected chi connectivity index (χ1v) is 6.10. The standard InChI is InChI=1S/C12H14ClN3O4/c1-2-16(6-10(14)17)12(20)15-9-4-3-7(11(18)19)5-8(9)13/h3-5H,2,6H2,1H3,(H2,14,17)(H,15,20)(H,18,19). The monoisotopic (exact) mass is 299 g/mol. The maximum absolute atomic E-state index is 11.9. The minimum absolute atomic E-state index is 0.0116. The smallest absolute Gasteiger partial charge is 0.335 e. The minimum Gasteiger partial charge on any atom is -0.478 e. The van der Waals surface area contributed by atoms with Crippen molar-refractivity contribution in [2.24, 2.45) is 5.73 Å². The van der Waals surface area contributed by atoms with Gasteiger partial charge in [0.05, 0.1) is 16.3 Å². The van der Waals surface area contributed by atoms with Gasteiger partial charge in [-0.15, -0.1) is 0 Å². The molecule has 4 N–H and O–H groups in total. The van der Waals surface area contributed by atoms with Gasteiger partial charge in [0.15, 0.2) is 0 Å². The van der Waals surface area contributed by atoms with Crippen LogP contribution in [-0.2, 0) is 4.79 Å². The number of rotatable bonds is 5. The van der Waals surface area contributed by atoms with E-state index in [0.717, 1.165) is 0 Å². The number of hydrogen-bond donors (Lipinski definition) is 3. The highest BCUT2D eigenvalue weighted by atomic mass is 35.5. The van der Waals surface area contributed by atoms with E-state index < -0.39 is 17.9 Å². The van der Waals surface area contributed by atoms with Gasteiger partial charge < -0.3 is 21.1 Å². The number of anilines is 1. The van der Waals surface area contributed by atoms with Crippen LogP contribution < -0.4 is 11.1 Å². The van der Waals surface area contributed by atoms with E-state index >= 15 is 0 Å². The Balaban J connectivity index is 2.84. The van der Waals surface area contributed by atoms with E-state index in [0.29, 0.717) is 6.54 Å². The molecule has 1 aromatic carbocycles. The maximum atomic E-state index is 11.9. The third-order valence-electron chi connectivity index (χ3n) is 2.47. The highest BCUT2D eigenvalue weighted by molar-refractivity contribution is 6.34. The van der Waals surface area contributed by atoms with E-state index in [9.17, 15) is 14.4 Å². The van der Waals surface area contributed by atoms with Crippen LogP contribution in [0.15, 0.2) is 18.2 Å². The highest BCUT2D eigenvalue weighted by Crippen LogP contribution is 2.23. The Morgan fingerprint density at radius 2 is 2.05 bits per heavy atom. The largest absolute Gasteiger partial charge is 0.478 e. The van der Waals surface area contributed by atoms with Crippen molar-refractivity contribution >= 4 is 35.2 Å². The number of amides is 3. The van der Waals surface area contributed by atoms with Crippen molar-refractivity contribution in [2.75, 3.05) is 18.4 Å². The number of aromatic carboxylic acids is 1. The molecule has 0 unspecified atom stereocenters. The molecule has 1 aromatic rings. The molecule has 0 radical (unpaired) electrons. The number of benzene rings is 1. The maximum Gasteiger partial charge on any atom is 0.335 e. The number of nitrogens with two attached hydrogens (primary N) is 1. The van der Waals surface area contributed by atoms with Gasteiger partial charge in [-0.1, -0.05) is 11.6 Å². The van der Waals surface area contributed by atoms with Gasteiger partial charge >= 0.3 is 12.0 Å². The molecule has 7 nitrogen and oxygen atoms in total. The second-order valence-electron chi connectivity index (χ2n) is 3.91. The summed E-state index contributed by atoms with van der Waals surface area (Å²) in [6.45, 7) is 1.77. The molecule has 8 heteroatoms. The van der Waals surface area contributed by atoms with Crippen LogP contribution in [0.25, 0.3) is 0 Å². The molecular formula is C12H14ClN3O4. The molecule has 0 atom stereocenters. The first-order chi connectivity index (χ1) is 9.35. The lowest BCUT2D eigenvalue weighted by Crippen LogP contribution is -2.40. The molecule has 0 spiro atoms. The van der Waals surface area contributed by atoms with E-state index in [1.165, 1.54) is 23.1 Å². The summed E-state index contributed by atoms with van der Waals surface area (Å²) in [4.78, 5) is 34.7. The van der Waals surface area contributed by atoms with E-state index in [4.69, 9.17) is 22.4 Å². The number of carboxylic acid groups (broad SMARTS) is 1. The molecule has 20 heavy (non-hydrogen) atoms. The van der Waals surface area contributed by atoms with Crippen molar-refractivity contribution in [3.63, 3.8) is 0 Å². The number of likely N-dealkylation sites (N-methyl/N-ethyl adjacent to an activating group) is 1. The molecule has 0 heterocycles.